The first-order chi connectivity index (χ1) is 14.7. The van der Waals surface area contributed by atoms with E-state index in [1.54, 1.807) is 21.3 Å². The molecule has 3 rings (SSSR count). The number of methoxy groups -OCH3 is 3. The van der Waals surface area contributed by atoms with Crippen molar-refractivity contribution in [1.82, 2.24) is 10.6 Å². The van der Waals surface area contributed by atoms with Crippen LogP contribution in [0.15, 0.2) is 35.3 Å². The summed E-state index contributed by atoms with van der Waals surface area (Å²) >= 11 is 0. The molecule has 1 heterocycles. The first kappa shape index (κ1) is 24.7. The van der Waals surface area contributed by atoms with Gasteiger partial charge in [-0.15, -0.1) is 24.0 Å². The van der Waals surface area contributed by atoms with Crippen LogP contribution in [0.2, 0.25) is 0 Å². The highest BCUT2D eigenvalue weighted by Crippen LogP contribution is 2.34. The molecule has 2 N–H and O–H groups in total. The quantitative estimate of drug-likeness (QED) is 0.285. The Morgan fingerprint density at radius 1 is 0.968 bits per heavy atom. The number of aliphatic imine (C=N–C) groups is 1. The van der Waals surface area contributed by atoms with E-state index in [0.29, 0.717) is 25.3 Å². The predicted octanol–water partition coefficient (Wildman–Crippen LogP) is 3.36. The van der Waals surface area contributed by atoms with E-state index >= 15 is 0 Å². The van der Waals surface area contributed by atoms with Gasteiger partial charge in [-0.05, 0) is 31.0 Å². The van der Waals surface area contributed by atoms with Crippen molar-refractivity contribution in [2.75, 3.05) is 41.2 Å². The molecule has 0 aromatic heterocycles. The molecule has 1 aliphatic heterocycles. The molecule has 2 aromatic rings. The minimum Gasteiger partial charge on any atom is -0.496 e. The van der Waals surface area contributed by atoms with Crippen LogP contribution in [0.5, 0.6) is 28.7 Å². The van der Waals surface area contributed by atoms with Crippen LogP contribution in [0.25, 0.3) is 0 Å². The van der Waals surface area contributed by atoms with Gasteiger partial charge >= 0.3 is 0 Å². The fraction of sp³-hybridized carbons (Fsp3) is 0.409. The largest absolute Gasteiger partial charge is 0.496 e. The summed E-state index contributed by atoms with van der Waals surface area (Å²) in [6.07, 6.45) is 0.699. The molecule has 2 aromatic carbocycles. The average Bonchev–Trinajstić information content (AvgIpc) is 3.25. The van der Waals surface area contributed by atoms with Gasteiger partial charge in [0.05, 0.1) is 27.9 Å². The molecule has 0 unspecified atom stereocenters. The van der Waals surface area contributed by atoms with Gasteiger partial charge < -0.3 is 34.3 Å². The minimum atomic E-state index is 0. The van der Waals surface area contributed by atoms with Crippen molar-refractivity contribution in [2.45, 2.75) is 19.9 Å². The van der Waals surface area contributed by atoms with Crippen molar-refractivity contribution in [3.63, 3.8) is 0 Å². The fourth-order valence-corrected chi connectivity index (χ4v) is 3.18. The number of nitrogens with zero attached hydrogens (tertiary/aromatic N) is 1. The van der Waals surface area contributed by atoms with E-state index in [0.717, 1.165) is 46.6 Å². The normalized spacial score (nSPS) is 12.1. The molecule has 0 spiro atoms. The molecule has 9 heteroatoms. The molecule has 8 nitrogen and oxygen atoms in total. The van der Waals surface area contributed by atoms with Gasteiger partial charge in [0.2, 0.25) is 6.79 Å². The van der Waals surface area contributed by atoms with Crippen molar-refractivity contribution >= 4 is 29.9 Å². The molecule has 0 saturated carbocycles. The van der Waals surface area contributed by atoms with Crippen molar-refractivity contribution in [3.05, 3.63) is 41.5 Å². The highest BCUT2D eigenvalue weighted by molar-refractivity contribution is 14.0. The highest BCUT2D eigenvalue weighted by atomic mass is 127. The lowest BCUT2D eigenvalue weighted by Crippen LogP contribution is -2.38. The van der Waals surface area contributed by atoms with Crippen LogP contribution in [-0.4, -0.2) is 47.2 Å². The fourth-order valence-electron chi connectivity index (χ4n) is 3.18. The number of rotatable bonds is 9. The van der Waals surface area contributed by atoms with Crippen LogP contribution < -0.4 is 34.3 Å². The SMILES string of the molecule is CCNC(=NCc1ccc2c(c1)OCO2)NCCc1c(OC)cc(OC)cc1OC.I. The molecule has 0 saturated heterocycles. The zero-order valence-corrected chi connectivity index (χ0v) is 20.6. The van der Waals surface area contributed by atoms with Gasteiger partial charge in [-0.25, -0.2) is 4.99 Å². The van der Waals surface area contributed by atoms with E-state index in [4.69, 9.17) is 23.7 Å². The lowest BCUT2D eigenvalue weighted by Gasteiger charge is -2.16. The molecule has 0 fully saturated rings. The third-order valence-electron chi connectivity index (χ3n) is 4.69. The Bertz CT molecular complexity index is 866. The van der Waals surface area contributed by atoms with Crippen molar-refractivity contribution in [1.29, 1.82) is 0 Å². The molecule has 0 bridgehead atoms. The minimum absolute atomic E-state index is 0. The Morgan fingerprint density at radius 2 is 1.68 bits per heavy atom. The zero-order valence-electron chi connectivity index (χ0n) is 18.3. The Hall–Kier alpha value is -2.56. The molecule has 31 heavy (non-hydrogen) atoms. The van der Waals surface area contributed by atoms with Crippen molar-refractivity contribution in [3.8, 4) is 28.7 Å². The lowest BCUT2D eigenvalue weighted by atomic mass is 10.1. The lowest BCUT2D eigenvalue weighted by molar-refractivity contribution is 0.174. The number of halogens is 1. The maximum Gasteiger partial charge on any atom is 0.231 e. The van der Waals surface area contributed by atoms with Gasteiger partial charge in [0.15, 0.2) is 17.5 Å². The van der Waals surface area contributed by atoms with Crippen LogP contribution in [0.1, 0.15) is 18.1 Å². The second kappa shape index (κ2) is 12.3. The van der Waals surface area contributed by atoms with Gasteiger partial charge in [-0.3, -0.25) is 0 Å². The van der Waals surface area contributed by atoms with Gasteiger partial charge in [0, 0.05) is 30.8 Å². The van der Waals surface area contributed by atoms with Crippen LogP contribution in [-0.2, 0) is 13.0 Å². The highest BCUT2D eigenvalue weighted by Gasteiger charge is 2.14. The summed E-state index contributed by atoms with van der Waals surface area (Å²) in [5.41, 5.74) is 2.02. The van der Waals surface area contributed by atoms with Crippen molar-refractivity contribution < 1.29 is 23.7 Å². The summed E-state index contributed by atoms with van der Waals surface area (Å²) in [5, 5.41) is 6.63. The van der Waals surface area contributed by atoms with E-state index in [1.807, 2.05) is 37.3 Å². The van der Waals surface area contributed by atoms with Crippen LogP contribution in [0, 0.1) is 0 Å². The van der Waals surface area contributed by atoms with E-state index in [9.17, 15) is 0 Å². The number of ether oxygens (including phenoxy) is 5. The number of benzene rings is 2. The van der Waals surface area contributed by atoms with Crippen LogP contribution in [0.4, 0.5) is 0 Å². The van der Waals surface area contributed by atoms with Gasteiger partial charge in [0.1, 0.15) is 17.2 Å². The molecular formula is C22H30IN3O5. The van der Waals surface area contributed by atoms with Crippen molar-refractivity contribution in [2.24, 2.45) is 4.99 Å². The second-order valence-electron chi connectivity index (χ2n) is 6.57. The summed E-state index contributed by atoms with van der Waals surface area (Å²) in [6, 6.07) is 9.58. The first-order valence-electron chi connectivity index (χ1n) is 9.88. The predicted molar refractivity (Wildman–Crippen MR) is 131 cm³/mol. The Morgan fingerprint density at radius 3 is 2.32 bits per heavy atom. The number of nitrogens with one attached hydrogen (secondary N) is 2. The molecule has 0 amide bonds. The topological polar surface area (TPSA) is 82.6 Å². The number of hydrogen-bond acceptors (Lipinski definition) is 6. The van der Waals surface area contributed by atoms with E-state index in [1.165, 1.54) is 0 Å². The van der Waals surface area contributed by atoms with Crippen LogP contribution in [0.3, 0.4) is 0 Å². The van der Waals surface area contributed by atoms with E-state index in [2.05, 4.69) is 15.6 Å². The third-order valence-corrected chi connectivity index (χ3v) is 4.69. The molecule has 1 aliphatic rings. The van der Waals surface area contributed by atoms with Crippen LogP contribution >= 0.6 is 24.0 Å². The average molecular weight is 543 g/mol. The molecular weight excluding hydrogens is 513 g/mol. The number of hydrogen-bond donors (Lipinski definition) is 2. The summed E-state index contributed by atoms with van der Waals surface area (Å²) in [4.78, 5) is 4.67. The Labute approximate surface area is 200 Å². The zero-order chi connectivity index (χ0) is 21.3. The Balaban J connectivity index is 0.00000341. The summed E-state index contributed by atoms with van der Waals surface area (Å²) in [7, 11) is 4.90. The van der Waals surface area contributed by atoms with E-state index < -0.39 is 0 Å². The van der Waals surface area contributed by atoms with E-state index in [-0.39, 0.29) is 30.8 Å². The first-order valence-corrected chi connectivity index (χ1v) is 9.88. The smallest absolute Gasteiger partial charge is 0.231 e. The molecule has 0 aliphatic carbocycles. The number of guanidine groups is 1. The van der Waals surface area contributed by atoms with Gasteiger partial charge in [0.25, 0.3) is 0 Å². The summed E-state index contributed by atoms with van der Waals surface area (Å²) in [5.74, 6) is 4.43. The molecule has 170 valence electrons. The summed E-state index contributed by atoms with van der Waals surface area (Å²) < 4.78 is 27.1. The Kier molecular flexibility index (Phi) is 9.83. The molecule has 0 radical (unpaired) electrons. The third kappa shape index (κ3) is 6.46. The molecule has 0 atom stereocenters. The monoisotopic (exact) mass is 543 g/mol. The standard InChI is InChI=1S/C22H29N3O5.HI/c1-5-23-22(25-13-15-6-7-18-21(10-15)30-14-29-18)24-9-8-17-19(27-3)11-16(26-2)12-20(17)28-4;/h6-7,10-12H,5,8-9,13-14H2,1-4H3,(H2,23,24,25);1H. The maximum atomic E-state index is 5.52. The summed E-state index contributed by atoms with van der Waals surface area (Å²) in [6.45, 7) is 4.26. The van der Waals surface area contributed by atoms with Gasteiger partial charge in [-0.2, -0.15) is 0 Å². The van der Waals surface area contributed by atoms with Gasteiger partial charge in [-0.1, -0.05) is 6.07 Å². The number of fused-ring (bicyclic) bond motifs is 1. The second-order valence-corrected chi connectivity index (χ2v) is 6.57. The maximum absolute atomic E-state index is 5.52.